The monoisotopic (exact) mass is 711 g/mol. The van der Waals surface area contributed by atoms with Gasteiger partial charge in [0.1, 0.15) is 47.8 Å². The number of carbonyl (C=O) groups is 1. The fourth-order valence-electron chi connectivity index (χ4n) is 6.90. The molecule has 6 rings (SSSR count). The van der Waals surface area contributed by atoms with Gasteiger partial charge in [0, 0.05) is 41.5 Å². The van der Waals surface area contributed by atoms with Gasteiger partial charge in [-0.3, -0.25) is 4.79 Å². The molecular formula is C32H37Cl2F2N5O7. The molecule has 3 fully saturated rings. The Bertz CT molecular complexity index is 1570. The molecule has 1 saturated carbocycles. The third-order valence-electron chi connectivity index (χ3n) is 9.21. The number of aliphatic hydroxyl groups excluding tert-OH is 3. The van der Waals surface area contributed by atoms with Gasteiger partial charge in [-0.1, -0.05) is 41.3 Å². The largest absolute Gasteiger partial charge is 0.394 e. The summed E-state index contributed by atoms with van der Waals surface area (Å²) in [5.41, 5.74) is 0.300. The molecule has 1 aromatic heterocycles. The average molecular weight is 713 g/mol. The highest BCUT2D eigenvalue weighted by Crippen LogP contribution is 2.38. The van der Waals surface area contributed by atoms with Crippen molar-refractivity contribution >= 4 is 34.8 Å². The van der Waals surface area contributed by atoms with E-state index in [2.05, 4.69) is 15.6 Å². The summed E-state index contributed by atoms with van der Waals surface area (Å²) < 4.78 is 49.0. The van der Waals surface area contributed by atoms with E-state index in [-0.39, 0.29) is 33.4 Å². The van der Waals surface area contributed by atoms with Crippen LogP contribution in [0.15, 0.2) is 36.5 Å². The van der Waals surface area contributed by atoms with Crippen molar-refractivity contribution in [1.82, 2.24) is 20.3 Å². The lowest BCUT2D eigenvalue weighted by Gasteiger charge is -2.46. The van der Waals surface area contributed by atoms with Gasteiger partial charge in [-0.05, 0) is 43.2 Å². The van der Waals surface area contributed by atoms with E-state index in [0.717, 1.165) is 25.0 Å². The molecule has 0 radical (unpaired) electrons. The van der Waals surface area contributed by atoms with E-state index < -0.39 is 72.9 Å². The number of anilines is 1. The first-order valence-corrected chi connectivity index (χ1v) is 16.5. The quantitative estimate of drug-likeness (QED) is 0.274. The molecule has 2 aromatic carbocycles. The van der Waals surface area contributed by atoms with Gasteiger partial charge in [0.15, 0.2) is 6.10 Å². The van der Waals surface area contributed by atoms with Crippen LogP contribution in [0.3, 0.4) is 0 Å². The third kappa shape index (κ3) is 6.96. The van der Waals surface area contributed by atoms with Crippen LogP contribution in [0.4, 0.5) is 14.5 Å². The van der Waals surface area contributed by atoms with E-state index in [1.165, 1.54) is 29.0 Å². The highest BCUT2D eigenvalue weighted by Gasteiger charge is 2.52. The molecular weight excluding hydrogens is 675 g/mol. The van der Waals surface area contributed by atoms with Crippen molar-refractivity contribution in [2.45, 2.75) is 74.4 Å². The molecule has 260 valence electrons. The van der Waals surface area contributed by atoms with Crippen LogP contribution in [0.2, 0.25) is 10.0 Å². The Hall–Kier alpha value is -2.79. The van der Waals surface area contributed by atoms with Crippen molar-refractivity contribution in [2.75, 3.05) is 38.3 Å². The number of hydrogen-bond acceptors (Lipinski definition) is 10. The summed E-state index contributed by atoms with van der Waals surface area (Å²) >= 11 is 12.6. The van der Waals surface area contributed by atoms with E-state index >= 15 is 8.78 Å². The minimum atomic E-state index is -1.44. The van der Waals surface area contributed by atoms with Gasteiger partial charge >= 0.3 is 0 Å². The number of rotatable bonds is 8. The molecule has 1 unspecified atom stereocenters. The summed E-state index contributed by atoms with van der Waals surface area (Å²) in [6.07, 6.45) is -3.10. The predicted octanol–water partition coefficient (Wildman–Crippen LogP) is 3.20. The Morgan fingerprint density at radius 1 is 1.12 bits per heavy atom. The van der Waals surface area contributed by atoms with Crippen LogP contribution in [0, 0.1) is 11.6 Å². The molecule has 3 aromatic rings. The Kier molecular flexibility index (Phi) is 10.9. The summed E-state index contributed by atoms with van der Waals surface area (Å²) in [5.74, 6) is -2.25. The second-order valence-electron chi connectivity index (χ2n) is 12.2. The number of ether oxygens (including phenoxy) is 3. The molecule has 4 N–H and O–H groups in total. The fraction of sp³-hybridized carbons (Fsp3) is 0.531. The van der Waals surface area contributed by atoms with Gasteiger partial charge in [0.25, 0.3) is 5.91 Å². The molecule has 0 bridgehead atoms. The number of carbonyl (C=O) groups excluding carboxylic acids is 1. The third-order valence-corrected chi connectivity index (χ3v) is 9.65. The van der Waals surface area contributed by atoms with E-state index in [4.69, 9.17) is 37.4 Å². The topological polar surface area (TPSA) is 151 Å². The normalized spacial score (nSPS) is 29.5. The summed E-state index contributed by atoms with van der Waals surface area (Å²) in [6, 6.07) is 5.09. The zero-order valence-electron chi connectivity index (χ0n) is 26.0. The van der Waals surface area contributed by atoms with Gasteiger partial charge in [-0.15, -0.1) is 5.10 Å². The number of methoxy groups -OCH3 is 1. The van der Waals surface area contributed by atoms with E-state index in [1.54, 1.807) is 12.1 Å². The molecule has 2 saturated heterocycles. The maximum atomic E-state index is 15.2. The maximum absolute atomic E-state index is 15.2. The molecule has 0 spiro atoms. The SMILES string of the molecule is CO[C@@H]1[C@@H](n2cc(-c3cc(F)c(C4CNCCO4)c(F)c3)nn2)[C@@H](O)[C@@H](CO)O[C@H]1C(=O)N(c1cc(Cl)cc(Cl)c1)[C@H]1CCCC[C@@H]1O. The second kappa shape index (κ2) is 15.0. The molecule has 8 atom stereocenters. The zero-order valence-corrected chi connectivity index (χ0v) is 27.5. The first-order chi connectivity index (χ1) is 23.1. The highest BCUT2D eigenvalue weighted by molar-refractivity contribution is 6.35. The highest BCUT2D eigenvalue weighted by atomic mass is 35.5. The summed E-state index contributed by atoms with van der Waals surface area (Å²) in [7, 11) is 1.33. The summed E-state index contributed by atoms with van der Waals surface area (Å²) in [5, 5.41) is 44.4. The average Bonchev–Trinajstić information content (AvgIpc) is 3.55. The lowest BCUT2D eigenvalue weighted by atomic mass is 9.88. The van der Waals surface area contributed by atoms with Crippen LogP contribution in [-0.2, 0) is 19.0 Å². The van der Waals surface area contributed by atoms with E-state index in [1.807, 2.05) is 0 Å². The number of aliphatic hydroxyl groups is 3. The van der Waals surface area contributed by atoms with Gasteiger partial charge in [-0.25, -0.2) is 13.5 Å². The number of nitrogens with zero attached hydrogens (tertiary/aromatic N) is 4. The maximum Gasteiger partial charge on any atom is 0.259 e. The van der Waals surface area contributed by atoms with Crippen LogP contribution in [0.25, 0.3) is 11.3 Å². The van der Waals surface area contributed by atoms with Crippen molar-refractivity contribution in [3.63, 3.8) is 0 Å². The molecule has 16 heteroatoms. The summed E-state index contributed by atoms with van der Waals surface area (Å²) in [6.45, 7) is 0.500. The minimum Gasteiger partial charge on any atom is -0.394 e. The van der Waals surface area contributed by atoms with Crippen LogP contribution < -0.4 is 10.2 Å². The van der Waals surface area contributed by atoms with Crippen molar-refractivity contribution < 1.29 is 43.1 Å². The van der Waals surface area contributed by atoms with E-state index in [9.17, 15) is 20.1 Å². The lowest BCUT2D eigenvalue weighted by Crippen LogP contribution is -2.63. The molecule has 3 heterocycles. The number of hydrogen-bond donors (Lipinski definition) is 4. The number of halogens is 4. The van der Waals surface area contributed by atoms with Crippen LogP contribution in [-0.4, -0.2) is 106 Å². The van der Waals surface area contributed by atoms with Crippen LogP contribution >= 0.6 is 23.2 Å². The Morgan fingerprint density at radius 3 is 2.46 bits per heavy atom. The van der Waals surface area contributed by atoms with Crippen molar-refractivity contribution in [2.24, 2.45) is 0 Å². The van der Waals surface area contributed by atoms with Crippen LogP contribution in [0.1, 0.15) is 43.4 Å². The Labute approximate surface area is 285 Å². The van der Waals surface area contributed by atoms with Gasteiger partial charge < -0.3 is 39.7 Å². The fourth-order valence-corrected chi connectivity index (χ4v) is 7.41. The van der Waals surface area contributed by atoms with E-state index in [0.29, 0.717) is 31.7 Å². The van der Waals surface area contributed by atoms with Crippen molar-refractivity contribution in [3.05, 3.63) is 63.8 Å². The Morgan fingerprint density at radius 2 is 1.83 bits per heavy atom. The summed E-state index contributed by atoms with van der Waals surface area (Å²) in [4.78, 5) is 16.0. The molecule has 2 aliphatic heterocycles. The second-order valence-corrected chi connectivity index (χ2v) is 13.1. The first kappa shape index (κ1) is 35.1. The molecule has 1 aliphatic carbocycles. The number of nitrogens with one attached hydrogen (secondary N) is 1. The van der Waals surface area contributed by atoms with Gasteiger partial charge in [0.05, 0.1) is 37.1 Å². The Balaban J connectivity index is 1.34. The zero-order chi connectivity index (χ0) is 34.1. The van der Waals surface area contributed by atoms with Crippen LogP contribution in [0.5, 0.6) is 0 Å². The van der Waals surface area contributed by atoms with Crippen molar-refractivity contribution in [1.29, 1.82) is 0 Å². The first-order valence-electron chi connectivity index (χ1n) is 15.8. The molecule has 48 heavy (non-hydrogen) atoms. The van der Waals surface area contributed by atoms with Gasteiger partial charge in [0.2, 0.25) is 0 Å². The lowest BCUT2D eigenvalue weighted by molar-refractivity contribution is -0.211. The molecule has 3 aliphatic rings. The van der Waals surface area contributed by atoms with Crippen molar-refractivity contribution in [3.8, 4) is 11.3 Å². The number of amides is 1. The van der Waals surface area contributed by atoms with Gasteiger partial charge in [-0.2, -0.15) is 0 Å². The smallest absolute Gasteiger partial charge is 0.259 e. The molecule has 1 amide bonds. The molecule has 12 nitrogen and oxygen atoms in total. The number of benzene rings is 2. The minimum absolute atomic E-state index is 0.0829. The predicted molar refractivity (Wildman–Crippen MR) is 171 cm³/mol. The standard InChI is InChI=1S/C32H37Cl2F2N5O7/c1-46-30-28(40-14-22(38-39-40)16-8-20(35)27(21(36)9-16)25-13-37-6-7-47-25)29(44)26(15-42)48-31(30)32(45)41(23-4-2-3-5-24(23)43)19-11-17(33)10-18(34)12-19/h8-12,14,23-26,28-31,37,42-44H,2-7,13,15H2,1H3/t23-,24-,25?,26+,28-,29-,30+,31+/m0/s1. The number of morpholine rings is 1. The number of aromatic nitrogens is 3.